The zero-order valence-electron chi connectivity index (χ0n) is 21.6. The van der Waals surface area contributed by atoms with Crippen molar-refractivity contribution in [3.05, 3.63) is 69.7 Å². The molecule has 0 saturated carbocycles. The molecule has 4 aliphatic rings. The summed E-state index contributed by atoms with van der Waals surface area (Å²) in [5, 5.41) is 13.3. The molecule has 12 heteroatoms. The van der Waals surface area contributed by atoms with Gasteiger partial charge in [-0.25, -0.2) is 0 Å². The first-order chi connectivity index (χ1) is 18.9. The lowest BCUT2D eigenvalue weighted by molar-refractivity contribution is -0.117. The van der Waals surface area contributed by atoms with Gasteiger partial charge in [0.05, 0.1) is 34.4 Å². The Balaban J connectivity index is 1.78. The quantitative estimate of drug-likeness (QED) is 0.314. The van der Waals surface area contributed by atoms with Crippen LogP contribution in [-0.4, -0.2) is 49.8 Å². The van der Waals surface area contributed by atoms with Gasteiger partial charge in [-0.05, 0) is 68.3 Å². The number of nitrogens with one attached hydrogen (secondary N) is 3. The Morgan fingerprint density at radius 2 is 1.85 bits per heavy atom. The maximum absolute atomic E-state index is 12.6. The van der Waals surface area contributed by atoms with E-state index < -0.39 is 5.91 Å². The molecule has 0 aromatic heterocycles. The van der Waals surface area contributed by atoms with E-state index in [9.17, 15) is 9.59 Å². The summed E-state index contributed by atoms with van der Waals surface area (Å²) in [6, 6.07) is 10.5. The molecular weight excluding hydrogens is 543 g/mol. The van der Waals surface area contributed by atoms with Gasteiger partial charge in [0.2, 0.25) is 5.91 Å². The van der Waals surface area contributed by atoms with E-state index in [1.165, 1.54) is 0 Å². The number of hydrogen-bond acceptors (Lipinski definition) is 8. The van der Waals surface area contributed by atoms with Crippen molar-refractivity contribution in [3.8, 4) is 5.75 Å². The van der Waals surface area contributed by atoms with Crippen LogP contribution in [0.2, 0.25) is 10.0 Å². The van der Waals surface area contributed by atoms with Crippen LogP contribution in [0.25, 0.3) is 0 Å². The lowest BCUT2D eigenvalue weighted by atomic mass is 10.1. The summed E-state index contributed by atoms with van der Waals surface area (Å²) < 4.78 is 5.75. The standard InChI is InChI=1S/C27H32Cl2N6O4/c1-2-39-35-23-15-24(36)34-27(30)32-16-18-13-21(28)26(22(29)14-18)33-25(37)17-31-11-5-3-4-6-12-38-20-9-7-19(23)8-10-20/h4,6-10,13-14,31H,2-3,5,11-12,15-17H2,1H3,(H,33,37)(H3,30,32,34,36). The number of allylic oxidation sites excluding steroid dienone is 1. The van der Waals surface area contributed by atoms with Gasteiger partial charge in [-0.15, -0.1) is 0 Å². The highest BCUT2D eigenvalue weighted by atomic mass is 35.5. The molecule has 0 saturated heterocycles. The van der Waals surface area contributed by atoms with E-state index in [4.69, 9.17) is 38.5 Å². The van der Waals surface area contributed by atoms with Crippen molar-refractivity contribution in [2.75, 3.05) is 31.6 Å². The number of rotatable bonds is 2. The van der Waals surface area contributed by atoms with Gasteiger partial charge in [-0.3, -0.25) is 9.59 Å². The Kier molecular flexibility index (Phi) is 12.1. The Bertz CT molecular complexity index is 1210. The zero-order chi connectivity index (χ0) is 28.0. The monoisotopic (exact) mass is 574 g/mol. The van der Waals surface area contributed by atoms with Crippen molar-refractivity contribution in [1.82, 2.24) is 10.6 Å². The van der Waals surface area contributed by atoms with Gasteiger partial charge in [0.15, 0.2) is 5.96 Å². The molecule has 0 atom stereocenters. The average molecular weight is 575 g/mol. The summed E-state index contributed by atoms with van der Waals surface area (Å²) in [6.45, 7) is 3.55. The molecule has 0 radical (unpaired) electrons. The topological polar surface area (TPSA) is 139 Å². The Hall–Kier alpha value is -3.60. The minimum Gasteiger partial charge on any atom is -0.490 e. The average Bonchev–Trinajstić information content (AvgIpc) is 2.91. The summed E-state index contributed by atoms with van der Waals surface area (Å²) in [7, 11) is 0. The van der Waals surface area contributed by atoms with Gasteiger partial charge in [0.1, 0.15) is 19.0 Å². The number of benzene rings is 2. The predicted octanol–water partition coefficient (Wildman–Crippen LogP) is 4.01. The van der Waals surface area contributed by atoms with Crippen LogP contribution in [0, 0.1) is 0 Å². The summed E-state index contributed by atoms with van der Waals surface area (Å²) in [5.74, 6) is -0.167. The highest BCUT2D eigenvalue weighted by Gasteiger charge is 2.14. The first kappa shape index (κ1) is 29.9. The molecule has 39 heavy (non-hydrogen) atoms. The number of halogens is 2. The lowest BCUT2D eigenvalue weighted by Gasteiger charge is -2.13. The molecule has 0 aliphatic carbocycles. The molecule has 2 amide bonds. The number of anilines is 1. The van der Waals surface area contributed by atoms with Crippen molar-refractivity contribution in [3.63, 3.8) is 0 Å². The number of aliphatic imine (C=N–C) groups is 1. The fourth-order valence-electron chi connectivity index (χ4n) is 3.53. The zero-order valence-corrected chi connectivity index (χ0v) is 23.1. The van der Waals surface area contributed by atoms with Crippen LogP contribution in [0.5, 0.6) is 5.75 Å². The molecule has 2 aromatic rings. The fraction of sp³-hybridized carbons (Fsp3) is 0.333. The predicted molar refractivity (Wildman–Crippen MR) is 155 cm³/mol. The number of carbonyl (C=O) groups excluding carboxylic acids is 2. The van der Waals surface area contributed by atoms with Crippen LogP contribution in [0.4, 0.5) is 5.69 Å². The lowest BCUT2D eigenvalue weighted by Crippen LogP contribution is -2.32. The number of nitrogens with zero attached hydrogens (tertiary/aromatic N) is 2. The summed E-state index contributed by atoms with van der Waals surface area (Å²) in [4.78, 5) is 34.1. The van der Waals surface area contributed by atoms with Crippen LogP contribution >= 0.6 is 23.2 Å². The maximum atomic E-state index is 12.6. The van der Waals surface area contributed by atoms with Crippen LogP contribution in [0.3, 0.4) is 0 Å². The second kappa shape index (κ2) is 15.7. The SMILES string of the molecule is CCON=C1CC(=O)N=C(N)NCc2cc(Cl)c(c(Cl)c2)NC(=O)CNCCCC=CCOc2ccc1cc2. The van der Waals surface area contributed by atoms with E-state index in [1.54, 1.807) is 43.3 Å². The van der Waals surface area contributed by atoms with Gasteiger partial charge >= 0.3 is 0 Å². The number of carbonyl (C=O) groups is 2. The minimum absolute atomic E-state index is 0.0790. The third-order valence-electron chi connectivity index (χ3n) is 5.42. The third kappa shape index (κ3) is 10.2. The first-order valence-corrected chi connectivity index (χ1v) is 13.3. The van der Waals surface area contributed by atoms with Crippen molar-refractivity contribution in [2.24, 2.45) is 15.9 Å². The molecule has 0 spiro atoms. The van der Waals surface area contributed by atoms with Crippen LogP contribution < -0.4 is 26.4 Å². The molecule has 2 aromatic carbocycles. The van der Waals surface area contributed by atoms with Crippen LogP contribution in [-0.2, 0) is 21.0 Å². The van der Waals surface area contributed by atoms with Gasteiger partial charge in [0, 0.05) is 12.1 Å². The number of nitrogens with two attached hydrogens (primary N) is 1. The number of oxime groups is 1. The number of amides is 2. The number of ether oxygens (including phenoxy) is 1. The molecule has 4 bridgehead atoms. The molecule has 4 heterocycles. The Morgan fingerprint density at radius 1 is 1.10 bits per heavy atom. The Labute approximate surface area is 237 Å². The van der Waals surface area contributed by atoms with Crippen LogP contribution in [0.15, 0.2) is 58.7 Å². The Morgan fingerprint density at radius 3 is 2.56 bits per heavy atom. The first-order valence-electron chi connectivity index (χ1n) is 12.5. The number of hydrogen-bond donors (Lipinski definition) is 4. The molecule has 208 valence electrons. The second-order valence-electron chi connectivity index (χ2n) is 8.49. The minimum atomic E-state index is -0.506. The molecule has 6 rings (SSSR count). The highest BCUT2D eigenvalue weighted by Crippen LogP contribution is 2.31. The molecular formula is C27H32Cl2N6O4. The van der Waals surface area contributed by atoms with Crippen molar-refractivity contribution in [1.29, 1.82) is 0 Å². The van der Waals surface area contributed by atoms with Crippen LogP contribution in [0.1, 0.15) is 37.3 Å². The largest absolute Gasteiger partial charge is 0.490 e. The summed E-state index contributed by atoms with van der Waals surface area (Å²) in [5.41, 5.74) is 8.05. The van der Waals surface area contributed by atoms with Gasteiger partial charge in [-0.2, -0.15) is 4.99 Å². The van der Waals surface area contributed by atoms with Crippen molar-refractivity contribution >= 4 is 52.4 Å². The van der Waals surface area contributed by atoms with E-state index >= 15 is 0 Å². The van der Waals surface area contributed by atoms with Gasteiger partial charge < -0.3 is 31.3 Å². The molecule has 10 nitrogen and oxygen atoms in total. The van der Waals surface area contributed by atoms with Gasteiger partial charge in [-0.1, -0.05) is 40.5 Å². The normalized spacial score (nSPS) is 17.3. The van der Waals surface area contributed by atoms with Gasteiger partial charge in [0.25, 0.3) is 5.91 Å². The number of guanidine groups is 1. The van der Waals surface area contributed by atoms with E-state index in [0.717, 1.165) is 12.8 Å². The van der Waals surface area contributed by atoms with E-state index in [-0.39, 0.29) is 41.4 Å². The maximum Gasteiger partial charge on any atom is 0.255 e. The second-order valence-corrected chi connectivity index (χ2v) is 9.30. The van der Waals surface area contributed by atoms with E-state index in [2.05, 4.69) is 26.1 Å². The van der Waals surface area contributed by atoms with E-state index in [1.807, 2.05) is 12.2 Å². The van der Waals surface area contributed by atoms with Crippen molar-refractivity contribution in [2.45, 2.75) is 32.7 Å². The molecule has 0 fully saturated rings. The summed E-state index contributed by atoms with van der Waals surface area (Å²) >= 11 is 12.7. The van der Waals surface area contributed by atoms with E-state index in [0.29, 0.717) is 48.0 Å². The highest BCUT2D eigenvalue weighted by molar-refractivity contribution is 6.39. The summed E-state index contributed by atoms with van der Waals surface area (Å²) in [6.07, 6.45) is 5.54. The van der Waals surface area contributed by atoms with Crippen molar-refractivity contribution < 1.29 is 19.2 Å². The molecule has 5 N–H and O–H groups in total. The fourth-order valence-corrected chi connectivity index (χ4v) is 4.16. The third-order valence-corrected chi connectivity index (χ3v) is 6.01. The molecule has 4 aliphatic heterocycles. The molecule has 0 unspecified atom stereocenters. The smallest absolute Gasteiger partial charge is 0.255 e.